The van der Waals surface area contributed by atoms with Gasteiger partial charge in [0.1, 0.15) is 11.5 Å². The molecule has 0 fully saturated rings. The van der Waals surface area contributed by atoms with Crippen LogP contribution in [0.4, 0.5) is 0 Å². The molecule has 0 saturated heterocycles. The molecule has 0 aliphatic rings. The van der Waals surface area contributed by atoms with Gasteiger partial charge in [-0.05, 0) is 46.7 Å². The smallest absolute Gasteiger partial charge is 0.273 e. The van der Waals surface area contributed by atoms with Crippen LogP contribution in [-0.4, -0.2) is 15.8 Å². The van der Waals surface area contributed by atoms with Crippen molar-refractivity contribution in [1.29, 1.82) is 0 Å². The maximum absolute atomic E-state index is 12.6. The van der Waals surface area contributed by atoms with Gasteiger partial charge in [0, 0.05) is 12.7 Å². The highest BCUT2D eigenvalue weighted by atomic mass is 32.1. The molecule has 21 heavy (non-hydrogen) atoms. The van der Waals surface area contributed by atoms with Crippen LogP contribution in [0.5, 0.6) is 0 Å². The molecule has 4 nitrogen and oxygen atoms in total. The quantitative estimate of drug-likeness (QED) is 0.723. The zero-order valence-electron chi connectivity index (χ0n) is 11.3. The second kappa shape index (κ2) is 6.37. The number of furan rings is 1. The second-order valence-corrected chi connectivity index (χ2v) is 5.37. The summed E-state index contributed by atoms with van der Waals surface area (Å²) in [7, 11) is 0. The van der Waals surface area contributed by atoms with Crippen molar-refractivity contribution in [1.82, 2.24) is 9.88 Å². The van der Waals surface area contributed by atoms with E-state index in [0.29, 0.717) is 18.8 Å². The van der Waals surface area contributed by atoms with Gasteiger partial charge in [-0.25, -0.2) is 0 Å². The van der Waals surface area contributed by atoms with Gasteiger partial charge >= 0.3 is 0 Å². The first kappa shape index (κ1) is 13.6. The van der Waals surface area contributed by atoms with Gasteiger partial charge in [-0.2, -0.15) is 11.3 Å². The van der Waals surface area contributed by atoms with Gasteiger partial charge in [-0.1, -0.05) is 6.07 Å². The average molecular weight is 298 g/mol. The molecular weight excluding hydrogens is 284 g/mol. The lowest BCUT2D eigenvalue weighted by Gasteiger charge is -2.20. The summed E-state index contributed by atoms with van der Waals surface area (Å²) in [5.74, 6) is 0.660. The minimum atomic E-state index is -0.0989. The van der Waals surface area contributed by atoms with Gasteiger partial charge in [0.2, 0.25) is 0 Å². The molecule has 1 amide bonds. The van der Waals surface area contributed by atoms with E-state index in [-0.39, 0.29) is 5.91 Å². The number of hydrogen-bond acceptors (Lipinski definition) is 4. The molecule has 0 aliphatic heterocycles. The van der Waals surface area contributed by atoms with Crippen molar-refractivity contribution < 1.29 is 9.21 Å². The molecule has 0 aromatic carbocycles. The van der Waals surface area contributed by atoms with Gasteiger partial charge in [0.15, 0.2) is 0 Å². The molecule has 3 aromatic heterocycles. The normalized spacial score (nSPS) is 10.5. The first-order valence-corrected chi connectivity index (χ1v) is 7.51. The number of pyridine rings is 1. The van der Waals surface area contributed by atoms with E-state index in [9.17, 15) is 4.79 Å². The predicted octanol–water partition coefficient (Wildman–Crippen LogP) is 3.58. The Bertz CT molecular complexity index is 642. The van der Waals surface area contributed by atoms with E-state index in [1.54, 1.807) is 40.8 Å². The molecule has 0 radical (unpaired) electrons. The van der Waals surface area contributed by atoms with E-state index in [2.05, 4.69) is 4.98 Å². The number of nitrogens with zero attached hydrogens (tertiary/aromatic N) is 2. The highest BCUT2D eigenvalue weighted by Crippen LogP contribution is 2.15. The van der Waals surface area contributed by atoms with Crippen LogP contribution in [0.25, 0.3) is 0 Å². The van der Waals surface area contributed by atoms with Crippen molar-refractivity contribution in [3.8, 4) is 0 Å². The number of carbonyl (C=O) groups is 1. The Balaban J connectivity index is 1.82. The molecule has 3 heterocycles. The molecule has 0 unspecified atom stereocenters. The van der Waals surface area contributed by atoms with Crippen molar-refractivity contribution in [3.63, 3.8) is 0 Å². The van der Waals surface area contributed by atoms with Crippen LogP contribution in [-0.2, 0) is 13.1 Å². The van der Waals surface area contributed by atoms with Crippen LogP contribution in [0.3, 0.4) is 0 Å². The summed E-state index contributed by atoms with van der Waals surface area (Å²) in [5.41, 5.74) is 1.55. The highest BCUT2D eigenvalue weighted by Gasteiger charge is 2.18. The van der Waals surface area contributed by atoms with E-state index in [1.807, 2.05) is 35.0 Å². The number of aromatic nitrogens is 1. The SMILES string of the molecule is O=C(c1ccccn1)N(Cc1ccsc1)Cc1ccco1. The largest absolute Gasteiger partial charge is 0.467 e. The molecule has 0 aliphatic carbocycles. The Hall–Kier alpha value is -2.40. The Labute approximate surface area is 126 Å². The van der Waals surface area contributed by atoms with Crippen LogP contribution < -0.4 is 0 Å². The number of carbonyl (C=O) groups excluding carboxylic acids is 1. The van der Waals surface area contributed by atoms with Gasteiger partial charge < -0.3 is 9.32 Å². The molecule has 0 saturated carbocycles. The van der Waals surface area contributed by atoms with Crippen molar-refractivity contribution in [2.75, 3.05) is 0 Å². The lowest BCUT2D eigenvalue weighted by molar-refractivity contribution is 0.0712. The summed E-state index contributed by atoms with van der Waals surface area (Å²) in [4.78, 5) is 18.5. The van der Waals surface area contributed by atoms with E-state index < -0.39 is 0 Å². The van der Waals surface area contributed by atoms with Crippen molar-refractivity contribution in [2.24, 2.45) is 0 Å². The summed E-state index contributed by atoms with van der Waals surface area (Å²) in [5, 5.41) is 4.05. The van der Waals surface area contributed by atoms with Crippen LogP contribution in [0, 0.1) is 0 Å². The van der Waals surface area contributed by atoms with Crippen molar-refractivity contribution in [3.05, 3.63) is 76.6 Å². The minimum absolute atomic E-state index is 0.0989. The molecule has 5 heteroatoms. The number of amides is 1. The second-order valence-electron chi connectivity index (χ2n) is 4.59. The third kappa shape index (κ3) is 3.38. The third-order valence-corrected chi connectivity index (χ3v) is 3.78. The fraction of sp³-hybridized carbons (Fsp3) is 0.125. The van der Waals surface area contributed by atoms with Crippen molar-refractivity contribution >= 4 is 17.2 Å². The Morgan fingerprint density at radius 3 is 2.81 bits per heavy atom. The van der Waals surface area contributed by atoms with Gasteiger partial charge in [0.05, 0.1) is 12.8 Å². The van der Waals surface area contributed by atoms with Gasteiger partial charge in [-0.3, -0.25) is 9.78 Å². The fourth-order valence-corrected chi connectivity index (χ4v) is 2.70. The van der Waals surface area contributed by atoms with Crippen LogP contribution in [0.15, 0.2) is 64.0 Å². The standard InChI is InChI=1S/C16H14N2O2S/c19-16(15-5-1-2-7-17-15)18(10-13-6-9-21-12-13)11-14-4-3-8-20-14/h1-9,12H,10-11H2. The summed E-state index contributed by atoms with van der Waals surface area (Å²) >= 11 is 1.62. The number of rotatable bonds is 5. The Kier molecular flexibility index (Phi) is 4.12. The molecule has 3 aromatic rings. The molecule has 3 rings (SSSR count). The zero-order chi connectivity index (χ0) is 14.5. The summed E-state index contributed by atoms with van der Waals surface area (Å²) in [6.07, 6.45) is 3.24. The van der Waals surface area contributed by atoms with E-state index >= 15 is 0 Å². The maximum Gasteiger partial charge on any atom is 0.273 e. The zero-order valence-corrected chi connectivity index (χ0v) is 12.1. The van der Waals surface area contributed by atoms with Crippen LogP contribution >= 0.6 is 11.3 Å². The molecular formula is C16H14N2O2S. The summed E-state index contributed by atoms with van der Waals surface area (Å²) in [6, 6.07) is 11.1. The first-order chi connectivity index (χ1) is 10.3. The van der Waals surface area contributed by atoms with E-state index in [4.69, 9.17) is 4.42 Å². The first-order valence-electron chi connectivity index (χ1n) is 6.57. The number of thiophene rings is 1. The fourth-order valence-electron chi connectivity index (χ4n) is 2.04. The minimum Gasteiger partial charge on any atom is -0.467 e. The highest BCUT2D eigenvalue weighted by molar-refractivity contribution is 7.07. The van der Waals surface area contributed by atoms with Crippen molar-refractivity contribution in [2.45, 2.75) is 13.1 Å². The lowest BCUT2D eigenvalue weighted by atomic mass is 10.2. The summed E-state index contributed by atoms with van der Waals surface area (Å²) < 4.78 is 5.36. The molecule has 0 atom stereocenters. The van der Waals surface area contributed by atoms with E-state index in [0.717, 1.165) is 11.3 Å². The molecule has 0 bridgehead atoms. The van der Waals surface area contributed by atoms with Gasteiger partial charge in [0.25, 0.3) is 5.91 Å². The maximum atomic E-state index is 12.6. The predicted molar refractivity (Wildman–Crippen MR) is 80.8 cm³/mol. The monoisotopic (exact) mass is 298 g/mol. The topological polar surface area (TPSA) is 46.3 Å². The van der Waals surface area contributed by atoms with Gasteiger partial charge in [-0.15, -0.1) is 0 Å². The average Bonchev–Trinajstić information content (AvgIpc) is 3.20. The number of hydrogen-bond donors (Lipinski definition) is 0. The third-order valence-electron chi connectivity index (χ3n) is 3.05. The molecule has 106 valence electrons. The van der Waals surface area contributed by atoms with E-state index in [1.165, 1.54) is 0 Å². The molecule has 0 N–H and O–H groups in total. The Morgan fingerprint density at radius 2 is 2.14 bits per heavy atom. The lowest BCUT2D eigenvalue weighted by Crippen LogP contribution is -2.30. The van der Waals surface area contributed by atoms with Crippen LogP contribution in [0.1, 0.15) is 21.8 Å². The molecule has 0 spiro atoms. The van der Waals surface area contributed by atoms with Crippen LogP contribution in [0.2, 0.25) is 0 Å². The Morgan fingerprint density at radius 1 is 1.19 bits per heavy atom. The summed E-state index contributed by atoms with van der Waals surface area (Å²) in [6.45, 7) is 0.970.